The van der Waals surface area contributed by atoms with Crippen molar-refractivity contribution < 1.29 is 14.3 Å². The molecule has 3 aliphatic rings. The lowest BCUT2D eigenvalue weighted by atomic mass is 9.64. The second-order valence-corrected chi connectivity index (χ2v) is 9.09. The van der Waals surface area contributed by atoms with Crippen LogP contribution in [0.5, 0.6) is 5.75 Å². The zero-order valence-corrected chi connectivity index (χ0v) is 16.5. The minimum atomic E-state index is -0.279. The van der Waals surface area contributed by atoms with Crippen LogP contribution in [0.2, 0.25) is 0 Å². The van der Waals surface area contributed by atoms with Gasteiger partial charge < -0.3 is 18.9 Å². The highest BCUT2D eigenvalue weighted by atomic mass is 16.5. The molecule has 4 heterocycles. The normalized spacial score (nSPS) is 26.7. The van der Waals surface area contributed by atoms with Gasteiger partial charge in [0.25, 0.3) is 0 Å². The lowest BCUT2D eigenvalue weighted by Crippen LogP contribution is -2.65. The summed E-state index contributed by atoms with van der Waals surface area (Å²) in [5.74, 6) is 1.44. The summed E-state index contributed by atoms with van der Waals surface area (Å²) in [6, 6.07) is 8.21. The van der Waals surface area contributed by atoms with Crippen molar-refractivity contribution in [3.63, 3.8) is 0 Å². The SMILES string of the molecule is CC1(C)Oc2ccccc2[C@H]2OCC3(C[C@@H]21)CN(C(=O)CCn1ccnc1)C3. The van der Waals surface area contributed by atoms with E-state index in [1.54, 1.807) is 12.5 Å². The van der Waals surface area contributed by atoms with E-state index in [2.05, 4.69) is 31.0 Å². The number of likely N-dealkylation sites (tertiary alicyclic amines) is 1. The van der Waals surface area contributed by atoms with E-state index < -0.39 is 0 Å². The third-order valence-corrected chi connectivity index (χ3v) is 6.63. The van der Waals surface area contributed by atoms with Gasteiger partial charge >= 0.3 is 0 Å². The molecule has 0 N–H and O–H groups in total. The molecule has 6 heteroatoms. The van der Waals surface area contributed by atoms with Gasteiger partial charge in [-0.05, 0) is 26.3 Å². The van der Waals surface area contributed by atoms with Crippen LogP contribution in [0.4, 0.5) is 0 Å². The Kier molecular flexibility index (Phi) is 4.02. The number of ether oxygens (including phenoxy) is 2. The number of benzene rings is 1. The quantitative estimate of drug-likeness (QED) is 0.820. The number of rotatable bonds is 3. The van der Waals surface area contributed by atoms with Crippen LogP contribution >= 0.6 is 0 Å². The standard InChI is InChI=1S/C22H27N3O3/c1-21(2)17-11-22(14-27-20(17)16-5-3-4-6-18(16)28-21)12-25(13-22)19(26)7-9-24-10-8-23-15-24/h3-6,8,10,15,17,20H,7,9,11-14H2,1-2H3/t17-,20+/m0/s1. The van der Waals surface area contributed by atoms with Gasteiger partial charge in [0.2, 0.25) is 5.91 Å². The van der Waals surface area contributed by atoms with Crippen molar-refractivity contribution >= 4 is 5.91 Å². The first kappa shape index (κ1) is 17.7. The van der Waals surface area contributed by atoms with Crippen LogP contribution in [0.1, 0.15) is 38.4 Å². The van der Waals surface area contributed by atoms with Crippen molar-refractivity contribution in [2.24, 2.45) is 11.3 Å². The second kappa shape index (κ2) is 6.34. The van der Waals surface area contributed by atoms with Crippen molar-refractivity contribution in [2.75, 3.05) is 19.7 Å². The maximum atomic E-state index is 12.5. The van der Waals surface area contributed by atoms with Crippen molar-refractivity contribution in [1.82, 2.24) is 14.5 Å². The van der Waals surface area contributed by atoms with Crippen molar-refractivity contribution in [2.45, 2.75) is 44.9 Å². The average Bonchev–Trinajstić information content (AvgIpc) is 3.17. The molecule has 6 nitrogen and oxygen atoms in total. The maximum Gasteiger partial charge on any atom is 0.224 e. The van der Waals surface area contributed by atoms with Gasteiger partial charge in [-0.25, -0.2) is 4.98 Å². The van der Waals surface area contributed by atoms with E-state index in [1.807, 2.05) is 27.8 Å². The molecule has 1 amide bonds. The molecule has 0 unspecified atom stereocenters. The van der Waals surface area contributed by atoms with E-state index in [9.17, 15) is 4.79 Å². The Labute approximate surface area is 165 Å². The summed E-state index contributed by atoms with van der Waals surface area (Å²) in [4.78, 5) is 18.5. The molecule has 2 fully saturated rings. The molecule has 1 aromatic heterocycles. The fourth-order valence-corrected chi connectivity index (χ4v) is 5.06. The summed E-state index contributed by atoms with van der Waals surface area (Å²) in [5, 5.41) is 0. The minimum absolute atomic E-state index is 0.0682. The average molecular weight is 381 g/mol. The molecule has 0 saturated carbocycles. The number of aromatic nitrogens is 2. The smallest absolute Gasteiger partial charge is 0.224 e. The molecule has 2 atom stereocenters. The summed E-state index contributed by atoms with van der Waals surface area (Å²) in [7, 11) is 0. The Morgan fingerprint density at radius 2 is 2.11 bits per heavy atom. The predicted octanol–water partition coefficient (Wildman–Crippen LogP) is 3.05. The van der Waals surface area contributed by atoms with E-state index in [-0.39, 0.29) is 23.0 Å². The number of aryl methyl sites for hydroxylation is 1. The van der Waals surface area contributed by atoms with Crippen LogP contribution in [-0.2, 0) is 16.1 Å². The van der Waals surface area contributed by atoms with Gasteiger partial charge in [0, 0.05) is 55.3 Å². The number of carbonyl (C=O) groups excluding carboxylic acids is 1. The zero-order valence-electron chi connectivity index (χ0n) is 16.5. The lowest BCUT2D eigenvalue weighted by Gasteiger charge is -2.58. The maximum absolute atomic E-state index is 12.5. The number of para-hydroxylation sites is 1. The minimum Gasteiger partial charge on any atom is -0.487 e. The molecule has 0 aliphatic carbocycles. The Balaban J connectivity index is 1.25. The first-order chi connectivity index (χ1) is 13.5. The molecular weight excluding hydrogens is 354 g/mol. The van der Waals surface area contributed by atoms with Gasteiger partial charge in [-0.1, -0.05) is 18.2 Å². The van der Waals surface area contributed by atoms with Crippen molar-refractivity contribution in [3.05, 3.63) is 48.5 Å². The van der Waals surface area contributed by atoms with Crippen molar-refractivity contribution in [1.29, 1.82) is 0 Å². The summed E-state index contributed by atoms with van der Waals surface area (Å²) < 4.78 is 14.7. The topological polar surface area (TPSA) is 56.6 Å². The van der Waals surface area contributed by atoms with Crippen LogP contribution < -0.4 is 4.74 Å². The Hall–Kier alpha value is -2.34. The second-order valence-electron chi connectivity index (χ2n) is 9.09. The highest BCUT2D eigenvalue weighted by Gasteiger charge is 2.56. The van der Waals surface area contributed by atoms with Crippen LogP contribution in [-0.4, -0.2) is 45.7 Å². The van der Waals surface area contributed by atoms with Gasteiger partial charge in [0.15, 0.2) is 0 Å². The monoisotopic (exact) mass is 381 g/mol. The Morgan fingerprint density at radius 1 is 1.29 bits per heavy atom. The highest BCUT2D eigenvalue weighted by Crippen LogP contribution is 2.55. The molecule has 3 aliphatic heterocycles. The first-order valence-electron chi connectivity index (χ1n) is 10.1. The number of imidazole rings is 1. The predicted molar refractivity (Wildman–Crippen MR) is 104 cm³/mol. The van der Waals surface area contributed by atoms with E-state index in [1.165, 1.54) is 0 Å². The summed E-state index contributed by atoms with van der Waals surface area (Å²) in [6.07, 6.45) is 7.01. The van der Waals surface area contributed by atoms with Crippen LogP contribution in [0, 0.1) is 11.3 Å². The van der Waals surface area contributed by atoms with Gasteiger partial charge in [-0.15, -0.1) is 0 Å². The molecule has 0 bridgehead atoms. The molecule has 5 rings (SSSR count). The summed E-state index contributed by atoms with van der Waals surface area (Å²) in [5.41, 5.74) is 0.950. The third-order valence-electron chi connectivity index (χ3n) is 6.63. The molecule has 28 heavy (non-hydrogen) atoms. The van der Waals surface area contributed by atoms with E-state index in [0.29, 0.717) is 25.5 Å². The number of amides is 1. The summed E-state index contributed by atoms with van der Waals surface area (Å²) >= 11 is 0. The molecule has 0 radical (unpaired) electrons. The van der Waals surface area contributed by atoms with Gasteiger partial charge in [-0.3, -0.25) is 4.79 Å². The lowest BCUT2D eigenvalue weighted by molar-refractivity contribution is -0.201. The molecule has 1 aromatic carbocycles. The molecular formula is C22H27N3O3. The fourth-order valence-electron chi connectivity index (χ4n) is 5.06. The zero-order chi connectivity index (χ0) is 19.4. The van der Waals surface area contributed by atoms with Gasteiger partial charge in [-0.2, -0.15) is 0 Å². The summed E-state index contributed by atoms with van der Waals surface area (Å²) in [6.45, 7) is 7.30. The number of hydrogen-bond donors (Lipinski definition) is 0. The van der Waals surface area contributed by atoms with Gasteiger partial charge in [0.1, 0.15) is 11.4 Å². The largest absolute Gasteiger partial charge is 0.487 e. The fraction of sp³-hybridized carbons (Fsp3) is 0.545. The Morgan fingerprint density at radius 3 is 2.89 bits per heavy atom. The van der Waals surface area contributed by atoms with E-state index >= 15 is 0 Å². The van der Waals surface area contributed by atoms with Crippen LogP contribution in [0.15, 0.2) is 43.0 Å². The number of carbonyl (C=O) groups is 1. The van der Waals surface area contributed by atoms with E-state index in [4.69, 9.17) is 9.47 Å². The molecule has 2 saturated heterocycles. The van der Waals surface area contributed by atoms with Crippen molar-refractivity contribution in [3.8, 4) is 5.75 Å². The van der Waals surface area contributed by atoms with Crippen LogP contribution in [0.25, 0.3) is 0 Å². The van der Waals surface area contributed by atoms with Crippen LogP contribution in [0.3, 0.4) is 0 Å². The number of nitrogens with zero attached hydrogens (tertiary/aromatic N) is 3. The van der Waals surface area contributed by atoms with E-state index in [0.717, 1.165) is 30.8 Å². The number of fused-ring (bicyclic) bond motifs is 3. The Bertz CT molecular complexity index is 871. The molecule has 148 valence electrons. The third kappa shape index (κ3) is 2.91. The molecule has 1 spiro atoms. The first-order valence-corrected chi connectivity index (χ1v) is 10.1. The van der Waals surface area contributed by atoms with Gasteiger partial charge in [0.05, 0.1) is 19.0 Å². The highest BCUT2D eigenvalue weighted by molar-refractivity contribution is 5.77. The molecule has 2 aromatic rings. The number of hydrogen-bond acceptors (Lipinski definition) is 4.